The number of carbonyl (C=O) groups is 1. The molecular weight excluding hydrogens is 414 g/mol. The van der Waals surface area contributed by atoms with E-state index in [1.807, 2.05) is 54.1 Å². The summed E-state index contributed by atoms with van der Waals surface area (Å²) in [4.78, 5) is 28.8. The van der Waals surface area contributed by atoms with Gasteiger partial charge in [0.05, 0.1) is 11.8 Å². The maximum atomic E-state index is 13.3. The van der Waals surface area contributed by atoms with Crippen molar-refractivity contribution in [3.63, 3.8) is 0 Å². The van der Waals surface area contributed by atoms with Gasteiger partial charge in [0, 0.05) is 44.5 Å². The summed E-state index contributed by atoms with van der Waals surface area (Å²) in [5, 5.41) is 7.31. The van der Waals surface area contributed by atoms with E-state index in [-0.39, 0.29) is 11.5 Å². The molecule has 0 radical (unpaired) electrons. The van der Waals surface area contributed by atoms with Crippen LogP contribution in [0.1, 0.15) is 39.7 Å². The number of hydrogen-bond donors (Lipinski definition) is 1. The van der Waals surface area contributed by atoms with Crippen molar-refractivity contribution in [3.8, 4) is 0 Å². The van der Waals surface area contributed by atoms with Crippen LogP contribution in [0.3, 0.4) is 0 Å². The number of aryl methyl sites for hydroxylation is 2. The van der Waals surface area contributed by atoms with Crippen molar-refractivity contribution in [2.45, 2.75) is 32.9 Å². The van der Waals surface area contributed by atoms with Crippen LogP contribution in [-0.4, -0.2) is 31.5 Å². The minimum Gasteiger partial charge on any atom is -0.332 e. The molecular formula is C26H27N5O2. The van der Waals surface area contributed by atoms with Gasteiger partial charge in [-0.3, -0.25) is 14.5 Å². The third kappa shape index (κ3) is 3.85. The molecule has 0 atom stereocenters. The molecule has 0 bridgehead atoms. The molecule has 3 heterocycles. The van der Waals surface area contributed by atoms with Gasteiger partial charge in [0.1, 0.15) is 5.56 Å². The van der Waals surface area contributed by atoms with E-state index in [0.29, 0.717) is 17.8 Å². The largest absolute Gasteiger partial charge is 0.332 e. The average molecular weight is 442 g/mol. The summed E-state index contributed by atoms with van der Waals surface area (Å²) in [6.07, 6.45) is 3.06. The zero-order chi connectivity index (χ0) is 22.9. The fourth-order valence-electron chi connectivity index (χ4n) is 4.72. The molecule has 1 aliphatic heterocycles. The van der Waals surface area contributed by atoms with Crippen molar-refractivity contribution in [2.75, 3.05) is 11.9 Å². The summed E-state index contributed by atoms with van der Waals surface area (Å²) >= 11 is 0. The lowest BCUT2D eigenvalue weighted by Crippen LogP contribution is -2.38. The molecule has 1 amide bonds. The lowest BCUT2D eigenvalue weighted by molar-refractivity contribution is 0.102. The van der Waals surface area contributed by atoms with Crippen molar-refractivity contribution >= 4 is 17.2 Å². The summed E-state index contributed by atoms with van der Waals surface area (Å²) in [5.74, 6) is -0.262. The number of amides is 1. The Balaban J connectivity index is 1.48. The van der Waals surface area contributed by atoms with Gasteiger partial charge in [-0.1, -0.05) is 55.5 Å². The summed E-state index contributed by atoms with van der Waals surface area (Å²) in [5.41, 5.74) is 5.57. The zero-order valence-electron chi connectivity index (χ0n) is 18.9. The molecule has 1 N–H and O–H groups in total. The number of benzene rings is 2. The second-order valence-electron chi connectivity index (χ2n) is 8.49. The molecule has 0 aliphatic carbocycles. The van der Waals surface area contributed by atoms with Crippen LogP contribution >= 0.6 is 0 Å². The number of aromatic nitrogens is 3. The maximum absolute atomic E-state index is 13.3. The van der Waals surface area contributed by atoms with E-state index < -0.39 is 0 Å². The molecule has 0 unspecified atom stereocenters. The van der Waals surface area contributed by atoms with Gasteiger partial charge in [0.15, 0.2) is 5.65 Å². The first-order chi connectivity index (χ1) is 16.1. The van der Waals surface area contributed by atoms with Crippen LogP contribution < -0.4 is 10.9 Å². The molecule has 1 aliphatic rings. The van der Waals surface area contributed by atoms with Crippen molar-refractivity contribution < 1.29 is 4.79 Å². The highest BCUT2D eigenvalue weighted by atomic mass is 16.2. The van der Waals surface area contributed by atoms with E-state index in [4.69, 9.17) is 0 Å². The quantitative estimate of drug-likeness (QED) is 0.515. The van der Waals surface area contributed by atoms with Gasteiger partial charge in [-0.15, -0.1) is 0 Å². The minimum atomic E-state index is -0.262. The van der Waals surface area contributed by atoms with Gasteiger partial charge in [-0.25, -0.2) is 0 Å². The molecule has 0 fully saturated rings. The lowest BCUT2D eigenvalue weighted by Gasteiger charge is -2.29. The van der Waals surface area contributed by atoms with Crippen LogP contribution in [-0.2, 0) is 33.0 Å². The summed E-state index contributed by atoms with van der Waals surface area (Å²) < 4.78 is 3.33. The van der Waals surface area contributed by atoms with Crippen molar-refractivity contribution in [1.29, 1.82) is 0 Å². The smallest absolute Gasteiger partial charge is 0.279 e. The van der Waals surface area contributed by atoms with Crippen LogP contribution in [0.15, 0.2) is 65.6 Å². The first-order valence-electron chi connectivity index (χ1n) is 11.3. The Kier molecular flexibility index (Phi) is 5.56. The SMILES string of the molecule is CCc1ccccc1NC(=O)c1cnn2c(=O)c3c(n(C)c12)CCN(Cc1ccccc1)C3. The van der Waals surface area contributed by atoms with E-state index >= 15 is 0 Å². The molecule has 2 aromatic carbocycles. The zero-order valence-corrected chi connectivity index (χ0v) is 18.9. The minimum absolute atomic E-state index is 0.149. The second-order valence-corrected chi connectivity index (χ2v) is 8.49. The molecule has 0 saturated carbocycles. The normalized spacial score (nSPS) is 13.8. The Bertz CT molecular complexity index is 1390. The summed E-state index contributed by atoms with van der Waals surface area (Å²) in [6.45, 7) is 4.27. The van der Waals surface area contributed by atoms with E-state index in [2.05, 4.69) is 34.4 Å². The van der Waals surface area contributed by atoms with E-state index in [9.17, 15) is 9.59 Å². The molecule has 0 spiro atoms. The Labute approximate surface area is 192 Å². The number of nitrogens with one attached hydrogen (secondary N) is 1. The van der Waals surface area contributed by atoms with Gasteiger partial charge in [-0.05, 0) is 23.6 Å². The number of para-hydroxylation sites is 1. The molecule has 7 heteroatoms. The third-order valence-electron chi connectivity index (χ3n) is 6.45. The molecule has 33 heavy (non-hydrogen) atoms. The number of fused-ring (bicyclic) bond motifs is 2. The van der Waals surface area contributed by atoms with Crippen LogP contribution in [0.2, 0.25) is 0 Å². The first kappa shape index (κ1) is 21.2. The van der Waals surface area contributed by atoms with Crippen LogP contribution in [0.25, 0.3) is 5.65 Å². The Morgan fingerprint density at radius 3 is 2.64 bits per heavy atom. The van der Waals surface area contributed by atoms with Gasteiger partial charge in [0.2, 0.25) is 0 Å². The van der Waals surface area contributed by atoms with Crippen LogP contribution in [0, 0.1) is 0 Å². The number of rotatable bonds is 5. The topological polar surface area (TPSA) is 71.6 Å². The van der Waals surface area contributed by atoms with Gasteiger partial charge < -0.3 is 9.88 Å². The van der Waals surface area contributed by atoms with Crippen LogP contribution in [0.4, 0.5) is 5.69 Å². The van der Waals surface area contributed by atoms with Crippen molar-refractivity contribution in [2.24, 2.45) is 7.05 Å². The van der Waals surface area contributed by atoms with Crippen molar-refractivity contribution in [3.05, 3.63) is 99.1 Å². The molecule has 2 aromatic heterocycles. The number of anilines is 1. The fourth-order valence-corrected chi connectivity index (χ4v) is 4.72. The molecule has 5 rings (SSSR count). The third-order valence-corrected chi connectivity index (χ3v) is 6.45. The fraction of sp³-hybridized carbons (Fsp3) is 0.269. The predicted molar refractivity (Wildman–Crippen MR) is 128 cm³/mol. The molecule has 168 valence electrons. The monoisotopic (exact) mass is 441 g/mol. The Morgan fingerprint density at radius 2 is 1.85 bits per heavy atom. The first-order valence-corrected chi connectivity index (χ1v) is 11.3. The predicted octanol–water partition coefficient (Wildman–Crippen LogP) is 3.41. The van der Waals surface area contributed by atoms with Gasteiger partial charge >= 0.3 is 0 Å². The Hall–Kier alpha value is -3.71. The van der Waals surface area contributed by atoms with E-state index in [0.717, 1.165) is 48.4 Å². The van der Waals surface area contributed by atoms with Crippen LogP contribution in [0.5, 0.6) is 0 Å². The number of nitrogens with zero attached hydrogens (tertiary/aromatic N) is 4. The van der Waals surface area contributed by atoms with Gasteiger partial charge in [-0.2, -0.15) is 9.61 Å². The standard InChI is InChI=1S/C26H27N5O2/c1-3-19-11-7-8-12-22(19)28-24(32)20-15-27-31-25(20)29(2)23-13-14-30(17-21(23)26(31)33)16-18-9-5-4-6-10-18/h4-12,15H,3,13-14,16-17H2,1-2H3,(H,28,32). The van der Waals surface area contributed by atoms with Crippen molar-refractivity contribution in [1.82, 2.24) is 19.1 Å². The molecule has 0 saturated heterocycles. The maximum Gasteiger partial charge on any atom is 0.279 e. The van der Waals surface area contributed by atoms with E-state index in [1.54, 1.807) is 0 Å². The highest BCUT2D eigenvalue weighted by Gasteiger charge is 2.26. The Morgan fingerprint density at radius 1 is 1.09 bits per heavy atom. The summed E-state index contributed by atoms with van der Waals surface area (Å²) in [7, 11) is 1.92. The lowest BCUT2D eigenvalue weighted by atomic mass is 10.1. The highest BCUT2D eigenvalue weighted by Crippen LogP contribution is 2.22. The van der Waals surface area contributed by atoms with Gasteiger partial charge in [0.25, 0.3) is 11.5 Å². The second kappa shape index (κ2) is 8.67. The average Bonchev–Trinajstić information content (AvgIpc) is 3.29. The highest BCUT2D eigenvalue weighted by molar-refractivity contribution is 6.08. The summed E-state index contributed by atoms with van der Waals surface area (Å²) in [6, 6.07) is 18.0. The molecule has 4 aromatic rings. The number of carbonyl (C=O) groups excluding carboxylic acids is 1. The van der Waals surface area contributed by atoms with E-state index in [1.165, 1.54) is 16.3 Å². The molecule has 7 nitrogen and oxygen atoms in total. The number of hydrogen-bond acceptors (Lipinski definition) is 4.